The first kappa shape index (κ1) is 11.7. The normalized spacial score (nSPS) is 12.9. The van der Waals surface area contributed by atoms with Crippen LogP contribution in [0.4, 0.5) is 0 Å². The number of carboxylic acid groups (broad SMARTS) is 1. The molecule has 1 heterocycles. The van der Waals surface area contributed by atoms with Crippen molar-refractivity contribution in [1.82, 2.24) is 4.57 Å². The molecule has 0 aliphatic rings. The summed E-state index contributed by atoms with van der Waals surface area (Å²) in [4.78, 5) is 10.9. The highest BCUT2D eigenvalue weighted by Crippen LogP contribution is 2.27. The summed E-state index contributed by atoms with van der Waals surface area (Å²) < 4.78 is 1.83. The zero-order chi connectivity index (χ0) is 12.6. The SMILES string of the molecule is CCn1c(C(O)C(=O)O)cc2c(C)cccc21. The first-order valence-corrected chi connectivity index (χ1v) is 5.56. The van der Waals surface area contributed by atoms with Crippen molar-refractivity contribution < 1.29 is 15.0 Å². The first-order chi connectivity index (χ1) is 8.06. The summed E-state index contributed by atoms with van der Waals surface area (Å²) in [6.45, 7) is 4.53. The molecule has 90 valence electrons. The Morgan fingerprint density at radius 3 is 2.76 bits per heavy atom. The molecule has 0 aliphatic heterocycles. The van der Waals surface area contributed by atoms with Crippen molar-refractivity contribution in [3.8, 4) is 0 Å². The lowest BCUT2D eigenvalue weighted by molar-refractivity contribution is -0.147. The van der Waals surface area contributed by atoms with E-state index in [-0.39, 0.29) is 0 Å². The number of hydrogen-bond acceptors (Lipinski definition) is 2. The zero-order valence-electron chi connectivity index (χ0n) is 9.84. The monoisotopic (exact) mass is 233 g/mol. The average Bonchev–Trinajstić information content (AvgIpc) is 2.67. The molecule has 2 N–H and O–H groups in total. The van der Waals surface area contributed by atoms with E-state index in [2.05, 4.69) is 0 Å². The molecule has 1 aromatic carbocycles. The van der Waals surface area contributed by atoms with E-state index in [0.717, 1.165) is 16.5 Å². The van der Waals surface area contributed by atoms with Gasteiger partial charge < -0.3 is 14.8 Å². The number of aliphatic hydroxyl groups is 1. The molecule has 2 aromatic rings. The second kappa shape index (κ2) is 4.22. The maximum absolute atomic E-state index is 10.9. The van der Waals surface area contributed by atoms with Gasteiger partial charge in [0.2, 0.25) is 0 Å². The highest BCUT2D eigenvalue weighted by Gasteiger charge is 2.21. The minimum Gasteiger partial charge on any atom is -0.479 e. The number of carboxylic acids is 1. The summed E-state index contributed by atoms with van der Waals surface area (Å²) in [5.41, 5.74) is 2.47. The van der Waals surface area contributed by atoms with Crippen LogP contribution in [0.5, 0.6) is 0 Å². The van der Waals surface area contributed by atoms with Gasteiger partial charge >= 0.3 is 5.97 Å². The van der Waals surface area contributed by atoms with Crippen LogP contribution in [0, 0.1) is 6.92 Å². The number of nitrogens with zero attached hydrogens (tertiary/aromatic N) is 1. The van der Waals surface area contributed by atoms with E-state index >= 15 is 0 Å². The number of benzene rings is 1. The van der Waals surface area contributed by atoms with Gasteiger partial charge in [0.15, 0.2) is 6.10 Å². The summed E-state index contributed by atoms with van der Waals surface area (Å²) in [5.74, 6) is -1.22. The van der Waals surface area contributed by atoms with Crippen LogP contribution in [0.25, 0.3) is 10.9 Å². The smallest absolute Gasteiger partial charge is 0.338 e. The van der Waals surface area contributed by atoms with Crippen molar-refractivity contribution in [3.63, 3.8) is 0 Å². The molecule has 4 heteroatoms. The van der Waals surface area contributed by atoms with Crippen molar-refractivity contribution in [2.24, 2.45) is 0 Å². The van der Waals surface area contributed by atoms with Crippen LogP contribution in [-0.2, 0) is 11.3 Å². The number of aromatic nitrogens is 1. The van der Waals surface area contributed by atoms with Gasteiger partial charge in [0.05, 0.1) is 5.69 Å². The molecule has 0 bridgehead atoms. The molecule has 1 atom stereocenters. The fourth-order valence-corrected chi connectivity index (χ4v) is 2.16. The van der Waals surface area contributed by atoms with E-state index in [1.807, 2.05) is 36.6 Å². The molecule has 4 nitrogen and oxygen atoms in total. The summed E-state index contributed by atoms with van der Waals surface area (Å²) >= 11 is 0. The van der Waals surface area contributed by atoms with Crippen molar-refractivity contribution in [3.05, 3.63) is 35.5 Å². The Morgan fingerprint density at radius 2 is 2.18 bits per heavy atom. The molecule has 1 unspecified atom stereocenters. The van der Waals surface area contributed by atoms with Crippen molar-refractivity contribution in [2.45, 2.75) is 26.5 Å². The molecule has 17 heavy (non-hydrogen) atoms. The molecule has 0 saturated heterocycles. The van der Waals surface area contributed by atoms with Gasteiger partial charge in [0.1, 0.15) is 0 Å². The van der Waals surface area contributed by atoms with Gasteiger partial charge in [0.25, 0.3) is 0 Å². The third-order valence-electron chi connectivity index (χ3n) is 3.03. The summed E-state index contributed by atoms with van der Waals surface area (Å²) in [6.07, 6.45) is -1.47. The van der Waals surface area contributed by atoms with Gasteiger partial charge in [-0.05, 0) is 31.5 Å². The highest BCUT2D eigenvalue weighted by atomic mass is 16.4. The van der Waals surface area contributed by atoms with Crippen LogP contribution in [0.1, 0.15) is 24.3 Å². The molecular weight excluding hydrogens is 218 g/mol. The number of carbonyl (C=O) groups is 1. The van der Waals surface area contributed by atoms with E-state index in [4.69, 9.17) is 5.11 Å². The lowest BCUT2D eigenvalue weighted by Crippen LogP contribution is -2.14. The summed E-state index contributed by atoms with van der Waals surface area (Å²) in [7, 11) is 0. The van der Waals surface area contributed by atoms with E-state index in [1.54, 1.807) is 6.07 Å². The predicted octanol–water partition coefficient (Wildman–Crippen LogP) is 2.09. The van der Waals surface area contributed by atoms with Gasteiger partial charge in [-0.15, -0.1) is 0 Å². The van der Waals surface area contributed by atoms with Crippen LogP contribution >= 0.6 is 0 Å². The maximum Gasteiger partial charge on any atom is 0.338 e. The van der Waals surface area contributed by atoms with E-state index in [1.165, 1.54) is 0 Å². The molecule has 0 spiro atoms. The van der Waals surface area contributed by atoms with Gasteiger partial charge in [-0.3, -0.25) is 0 Å². The summed E-state index contributed by atoms with van der Waals surface area (Å²) in [6, 6.07) is 7.59. The molecule has 0 radical (unpaired) electrons. The number of aliphatic carboxylic acids is 1. The summed E-state index contributed by atoms with van der Waals surface area (Å²) in [5, 5.41) is 19.6. The Labute approximate surface area is 99.1 Å². The van der Waals surface area contributed by atoms with Crippen molar-refractivity contribution in [2.75, 3.05) is 0 Å². The standard InChI is InChI=1S/C13H15NO3/c1-3-14-10-6-4-5-8(2)9(10)7-11(14)12(15)13(16)17/h4-7,12,15H,3H2,1-2H3,(H,16,17). The van der Waals surface area contributed by atoms with Crippen molar-refractivity contribution >= 4 is 16.9 Å². The maximum atomic E-state index is 10.9. The second-order valence-corrected chi connectivity index (χ2v) is 4.06. The van der Waals surface area contributed by atoms with Crippen LogP contribution < -0.4 is 0 Å². The third kappa shape index (κ3) is 1.80. The van der Waals surface area contributed by atoms with Crippen molar-refractivity contribution in [1.29, 1.82) is 0 Å². The number of aryl methyl sites for hydroxylation is 2. The topological polar surface area (TPSA) is 62.5 Å². The second-order valence-electron chi connectivity index (χ2n) is 4.06. The molecular formula is C13H15NO3. The molecule has 1 aromatic heterocycles. The first-order valence-electron chi connectivity index (χ1n) is 5.56. The van der Waals surface area contributed by atoms with Gasteiger partial charge in [-0.1, -0.05) is 12.1 Å². The highest BCUT2D eigenvalue weighted by molar-refractivity contribution is 5.86. The fraction of sp³-hybridized carbons (Fsp3) is 0.308. The largest absolute Gasteiger partial charge is 0.479 e. The van der Waals surface area contributed by atoms with Crippen LogP contribution in [0.3, 0.4) is 0 Å². The quantitative estimate of drug-likeness (QED) is 0.853. The number of hydrogen-bond donors (Lipinski definition) is 2. The third-order valence-corrected chi connectivity index (χ3v) is 3.03. The van der Waals surface area contributed by atoms with E-state index in [0.29, 0.717) is 12.2 Å². The minimum absolute atomic E-state index is 0.435. The van der Waals surface area contributed by atoms with Gasteiger partial charge in [-0.2, -0.15) is 0 Å². The lowest BCUT2D eigenvalue weighted by Gasteiger charge is -2.10. The van der Waals surface area contributed by atoms with Crippen LogP contribution in [-0.4, -0.2) is 20.7 Å². The minimum atomic E-state index is -1.47. The predicted molar refractivity (Wildman–Crippen MR) is 64.9 cm³/mol. The van der Waals surface area contributed by atoms with Crippen LogP contribution in [0.2, 0.25) is 0 Å². The van der Waals surface area contributed by atoms with E-state index in [9.17, 15) is 9.90 Å². The van der Waals surface area contributed by atoms with Gasteiger partial charge in [-0.25, -0.2) is 4.79 Å². The molecule has 0 fully saturated rings. The Balaban J connectivity index is 2.72. The van der Waals surface area contributed by atoms with Crippen LogP contribution in [0.15, 0.2) is 24.3 Å². The zero-order valence-corrected chi connectivity index (χ0v) is 9.84. The Morgan fingerprint density at radius 1 is 1.47 bits per heavy atom. The Bertz CT molecular complexity index is 571. The fourth-order valence-electron chi connectivity index (χ4n) is 2.16. The molecule has 0 saturated carbocycles. The molecule has 0 aliphatic carbocycles. The Hall–Kier alpha value is -1.81. The van der Waals surface area contributed by atoms with Gasteiger partial charge in [0, 0.05) is 17.4 Å². The molecule has 0 amide bonds. The van der Waals surface area contributed by atoms with E-state index < -0.39 is 12.1 Å². The Kier molecular flexibility index (Phi) is 2.90. The number of aliphatic hydroxyl groups excluding tert-OH is 1. The average molecular weight is 233 g/mol. The number of fused-ring (bicyclic) bond motifs is 1. The molecule has 2 rings (SSSR count). The lowest BCUT2D eigenvalue weighted by atomic mass is 10.1. The number of rotatable bonds is 3.